The molecule has 2 aliphatic heterocycles. The van der Waals surface area contributed by atoms with E-state index in [1.807, 2.05) is 4.90 Å². The maximum atomic E-state index is 13.0. The molecule has 212 valence electrons. The van der Waals surface area contributed by atoms with Gasteiger partial charge in [0.15, 0.2) is 11.0 Å². The highest BCUT2D eigenvalue weighted by Crippen LogP contribution is 2.29. The minimum Gasteiger partial charge on any atom is -0.392 e. The second-order valence-electron chi connectivity index (χ2n) is 10.1. The third-order valence-electron chi connectivity index (χ3n) is 7.29. The monoisotopic (exact) mass is 578 g/mol. The molecule has 0 bridgehead atoms. The van der Waals surface area contributed by atoms with E-state index in [-0.39, 0.29) is 34.3 Å². The van der Waals surface area contributed by atoms with E-state index in [0.717, 1.165) is 45.3 Å². The average Bonchev–Trinajstić information content (AvgIpc) is 2.91. The zero-order valence-electron chi connectivity index (χ0n) is 22.3. The number of halogens is 2. The number of pyridine rings is 1. The highest BCUT2D eigenvalue weighted by molar-refractivity contribution is 6.32. The molecule has 2 saturated heterocycles. The number of aliphatic hydroxyl groups is 1. The first-order chi connectivity index (χ1) is 18.7. The Bertz CT molecular complexity index is 1180. The van der Waals surface area contributed by atoms with Crippen LogP contribution in [0.15, 0.2) is 18.3 Å². The molecule has 0 unspecified atom stereocenters. The zero-order chi connectivity index (χ0) is 28.1. The molecule has 2 aliphatic rings. The number of carbonyl (C=O) groups excluding carboxylic acids is 2. The first-order valence-corrected chi connectivity index (χ1v) is 14.1. The van der Waals surface area contributed by atoms with Crippen molar-refractivity contribution in [3.63, 3.8) is 0 Å². The van der Waals surface area contributed by atoms with Crippen LogP contribution in [-0.4, -0.2) is 99.1 Å². The number of nitrogen functional groups attached to an aromatic ring is 1. The van der Waals surface area contributed by atoms with E-state index < -0.39 is 12.0 Å². The number of aromatic nitrogens is 3. The van der Waals surface area contributed by atoms with E-state index in [9.17, 15) is 14.7 Å². The molecule has 2 amide bonds. The Hall–Kier alpha value is -2.73. The highest BCUT2D eigenvalue weighted by atomic mass is 35.5. The van der Waals surface area contributed by atoms with Crippen molar-refractivity contribution in [2.24, 2.45) is 0 Å². The van der Waals surface area contributed by atoms with E-state index >= 15 is 0 Å². The molecular weight excluding hydrogens is 543 g/mol. The number of hydrogen-bond acceptors (Lipinski definition) is 9. The van der Waals surface area contributed by atoms with Crippen LogP contribution >= 0.6 is 23.2 Å². The Labute approximate surface area is 238 Å². The number of likely N-dealkylation sites (tertiary alicyclic amines) is 1. The fraction of sp³-hybridized carbons (Fsp3) is 0.577. The van der Waals surface area contributed by atoms with Crippen molar-refractivity contribution in [1.82, 2.24) is 30.1 Å². The largest absolute Gasteiger partial charge is 0.392 e. The molecule has 4 heterocycles. The van der Waals surface area contributed by atoms with Crippen molar-refractivity contribution in [3.8, 4) is 0 Å². The summed E-state index contributed by atoms with van der Waals surface area (Å²) in [6, 6.07) is 3.90. The van der Waals surface area contributed by atoms with Crippen LogP contribution in [0.5, 0.6) is 0 Å². The van der Waals surface area contributed by atoms with Gasteiger partial charge in [-0.1, -0.05) is 36.5 Å². The molecule has 0 radical (unpaired) electrons. The third kappa shape index (κ3) is 7.08. The summed E-state index contributed by atoms with van der Waals surface area (Å²) in [5.41, 5.74) is 6.44. The standard InChI is InChI=1S/C26H36Cl2N8O3/c1-3-4-18-15-35(24-22(28)32-20(14-30-24)25(38)31-13-16(2)37)11-12-36(18)17-7-9-34(10-8-17)26(39)19-5-6-21(27)33-23(19)29/h5-6,14,16-18,37H,3-4,7-13,15H2,1-2H3,(H2,29,33)(H,31,38)/t16-,18+/m1/s1. The second-order valence-corrected chi connectivity index (χ2v) is 10.9. The van der Waals surface area contributed by atoms with E-state index in [4.69, 9.17) is 28.9 Å². The van der Waals surface area contributed by atoms with Gasteiger partial charge in [-0.3, -0.25) is 14.5 Å². The number of piperidine rings is 1. The molecule has 39 heavy (non-hydrogen) atoms. The summed E-state index contributed by atoms with van der Waals surface area (Å²) in [7, 11) is 0. The van der Waals surface area contributed by atoms with Crippen molar-refractivity contribution in [1.29, 1.82) is 0 Å². The number of anilines is 2. The Morgan fingerprint density at radius 2 is 1.92 bits per heavy atom. The molecule has 2 fully saturated rings. The molecule has 0 spiro atoms. The number of amides is 2. The van der Waals surface area contributed by atoms with Crippen LogP contribution in [0.1, 0.15) is 60.4 Å². The van der Waals surface area contributed by atoms with Gasteiger partial charge in [-0.15, -0.1) is 0 Å². The minimum absolute atomic E-state index is 0.110. The predicted molar refractivity (Wildman–Crippen MR) is 151 cm³/mol. The van der Waals surface area contributed by atoms with Crippen LogP contribution in [-0.2, 0) is 0 Å². The van der Waals surface area contributed by atoms with Gasteiger partial charge in [0.05, 0.1) is 17.9 Å². The smallest absolute Gasteiger partial charge is 0.271 e. The van der Waals surface area contributed by atoms with Crippen LogP contribution in [0.2, 0.25) is 10.3 Å². The Balaban J connectivity index is 1.37. The van der Waals surface area contributed by atoms with Crippen LogP contribution in [0.4, 0.5) is 11.6 Å². The molecule has 0 saturated carbocycles. The summed E-state index contributed by atoms with van der Waals surface area (Å²) in [6.45, 7) is 7.52. The number of rotatable bonds is 8. The molecule has 4 N–H and O–H groups in total. The van der Waals surface area contributed by atoms with Crippen molar-refractivity contribution < 1.29 is 14.7 Å². The number of nitrogens with one attached hydrogen (secondary N) is 1. The summed E-state index contributed by atoms with van der Waals surface area (Å²) in [4.78, 5) is 44.6. The number of nitrogens with two attached hydrogens (primary N) is 1. The van der Waals surface area contributed by atoms with Crippen molar-refractivity contribution in [2.45, 2.75) is 57.7 Å². The van der Waals surface area contributed by atoms with Crippen molar-refractivity contribution in [2.75, 3.05) is 49.9 Å². The van der Waals surface area contributed by atoms with Crippen LogP contribution in [0.3, 0.4) is 0 Å². The summed E-state index contributed by atoms with van der Waals surface area (Å²) in [5, 5.41) is 12.4. The van der Waals surface area contributed by atoms with Gasteiger partial charge < -0.3 is 26.0 Å². The molecule has 4 rings (SSSR count). The fourth-order valence-corrected chi connectivity index (χ4v) is 5.76. The fourth-order valence-electron chi connectivity index (χ4n) is 5.35. The molecule has 2 aromatic heterocycles. The van der Waals surface area contributed by atoms with Crippen LogP contribution in [0.25, 0.3) is 0 Å². The number of piperazine rings is 1. The minimum atomic E-state index is -0.657. The van der Waals surface area contributed by atoms with Gasteiger partial charge in [0.1, 0.15) is 16.7 Å². The lowest BCUT2D eigenvalue weighted by Crippen LogP contribution is -2.59. The van der Waals surface area contributed by atoms with Crippen LogP contribution in [0, 0.1) is 0 Å². The van der Waals surface area contributed by atoms with E-state index in [1.165, 1.54) is 6.20 Å². The maximum Gasteiger partial charge on any atom is 0.271 e. The average molecular weight is 580 g/mol. The van der Waals surface area contributed by atoms with Crippen molar-refractivity contribution >= 4 is 46.7 Å². The Morgan fingerprint density at radius 1 is 1.18 bits per heavy atom. The van der Waals surface area contributed by atoms with E-state index in [1.54, 1.807) is 19.1 Å². The first-order valence-electron chi connectivity index (χ1n) is 13.4. The number of carbonyl (C=O) groups is 2. The van der Waals surface area contributed by atoms with Gasteiger partial charge in [0, 0.05) is 51.4 Å². The summed E-state index contributed by atoms with van der Waals surface area (Å²) in [6.07, 6.45) is 4.59. The summed E-state index contributed by atoms with van der Waals surface area (Å²) < 4.78 is 0. The van der Waals surface area contributed by atoms with Gasteiger partial charge in [-0.25, -0.2) is 15.0 Å². The lowest BCUT2D eigenvalue weighted by atomic mass is 9.97. The molecule has 13 heteroatoms. The number of nitrogens with zero attached hydrogens (tertiary/aromatic N) is 6. The Morgan fingerprint density at radius 3 is 2.56 bits per heavy atom. The topological polar surface area (TPSA) is 141 Å². The molecule has 2 atom stereocenters. The third-order valence-corrected chi connectivity index (χ3v) is 7.76. The molecule has 0 aromatic carbocycles. The normalized spacial score (nSPS) is 19.7. The lowest BCUT2D eigenvalue weighted by Gasteiger charge is -2.48. The summed E-state index contributed by atoms with van der Waals surface area (Å²) >= 11 is 12.4. The number of aliphatic hydroxyl groups excluding tert-OH is 1. The van der Waals surface area contributed by atoms with Gasteiger partial charge in [-0.2, -0.15) is 0 Å². The van der Waals surface area contributed by atoms with Gasteiger partial charge in [0.2, 0.25) is 0 Å². The van der Waals surface area contributed by atoms with Gasteiger partial charge in [-0.05, 0) is 38.3 Å². The quantitative estimate of drug-likeness (QED) is 0.402. The first kappa shape index (κ1) is 29.3. The Kier molecular flexibility index (Phi) is 9.81. The molecular formula is C26H36Cl2N8O3. The molecule has 0 aliphatic carbocycles. The second kappa shape index (κ2) is 13.1. The highest BCUT2D eigenvalue weighted by Gasteiger charge is 2.35. The van der Waals surface area contributed by atoms with Crippen LogP contribution < -0.4 is 16.0 Å². The van der Waals surface area contributed by atoms with E-state index in [2.05, 4.69) is 37.0 Å². The number of hydrogen-bond donors (Lipinski definition) is 3. The van der Waals surface area contributed by atoms with Gasteiger partial charge >= 0.3 is 0 Å². The van der Waals surface area contributed by atoms with Gasteiger partial charge in [0.25, 0.3) is 11.8 Å². The summed E-state index contributed by atoms with van der Waals surface area (Å²) in [5.74, 6) is 0.189. The lowest BCUT2D eigenvalue weighted by molar-refractivity contribution is 0.0481. The van der Waals surface area contributed by atoms with E-state index in [0.29, 0.717) is 36.6 Å². The SMILES string of the molecule is CCC[C@H]1CN(c2ncc(C(=O)NC[C@@H](C)O)nc2Cl)CCN1C1CCN(C(=O)c2ccc(Cl)nc2N)CC1. The predicted octanol–water partition coefficient (Wildman–Crippen LogP) is 2.47. The molecule has 2 aromatic rings. The maximum absolute atomic E-state index is 13.0. The zero-order valence-corrected chi connectivity index (χ0v) is 23.8. The van der Waals surface area contributed by atoms with Crippen molar-refractivity contribution in [3.05, 3.63) is 39.9 Å². The molecule has 11 nitrogen and oxygen atoms in total.